The Morgan fingerprint density at radius 3 is 3.00 bits per heavy atom. The highest BCUT2D eigenvalue weighted by Crippen LogP contribution is 2.12. The van der Waals surface area contributed by atoms with Gasteiger partial charge in [-0.25, -0.2) is 0 Å². The molecule has 0 N–H and O–H groups in total. The summed E-state index contributed by atoms with van der Waals surface area (Å²) in [6, 6.07) is 1.91. The second kappa shape index (κ2) is 3.76. The third-order valence-corrected chi connectivity index (χ3v) is 1.69. The van der Waals surface area contributed by atoms with E-state index in [-0.39, 0.29) is 0 Å². The summed E-state index contributed by atoms with van der Waals surface area (Å²) in [7, 11) is 0. The number of rotatable bonds is 3. The molecular formula is C7H10BrNO. The first-order chi connectivity index (χ1) is 4.83. The average molecular weight is 204 g/mol. The molecule has 0 saturated heterocycles. The van der Waals surface area contributed by atoms with E-state index in [0.717, 1.165) is 16.8 Å². The molecule has 56 valence electrons. The first kappa shape index (κ1) is 7.79. The summed E-state index contributed by atoms with van der Waals surface area (Å²) >= 11 is 3.19. The predicted molar refractivity (Wildman–Crippen MR) is 42.8 cm³/mol. The lowest BCUT2D eigenvalue weighted by Gasteiger charge is -1.87. The van der Waals surface area contributed by atoms with Gasteiger partial charge in [0, 0.05) is 6.07 Å². The van der Waals surface area contributed by atoms with Crippen LogP contribution in [0.15, 0.2) is 15.3 Å². The Hall–Kier alpha value is -0.310. The zero-order valence-corrected chi connectivity index (χ0v) is 7.52. The number of hydrogen-bond donors (Lipinski definition) is 0. The SMILES string of the molecule is CCCCc1cc(Br)on1. The van der Waals surface area contributed by atoms with Gasteiger partial charge in [0.25, 0.3) is 0 Å². The Morgan fingerprint density at radius 1 is 1.70 bits per heavy atom. The van der Waals surface area contributed by atoms with Crippen LogP contribution in [0.5, 0.6) is 0 Å². The molecule has 0 atom stereocenters. The average Bonchev–Trinajstić information content (AvgIpc) is 2.31. The molecule has 0 radical (unpaired) electrons. The van der Waals surface area contributed by atoms with Crippen LogP contribution in [-0.4, -0.2) is 5.16 Å². The summed E-state index contributed by atoms with van der Waals surface area (Å²) in [6.07, 6.45) is 3.40. The van der Waals surface area contributed by atoms with Gasteiger partial charge < -0.3 is 4.52 Å². The lowest BCUT2D eigenvalue weighted by molar-refractivity contribution is 0.392. The number of halogens is 1. The van der Waals surface area contributed by atoms with Crippen molar-refractivity contribution in [3.05, 3.63) is 16.4 Å². The monoisotopic (exact) mass is 203 g/mol. The Bertz CT molecular complexity index is 197. The standard InChI is InChI=1S/C7H10BrNO/c1-2-3-4-6-5-7(8)10-9-6/h5H,2-4H2,1H3. The van der Waals surface area contributed by atoms with Gasteiger partial charge in [0.15, 0.2) is 0 Å². The molecule has 0 aromatic carbocycles. The van der Waals surface area contributed by atoms with Crippen molar-refractivity contribution in [3.8, 4) is 0 Å². The van der Waals surface area contributed by atoms with Gasteiger partial charge in [-0.05, 0) is 28.8 Å². The van der Waals surface area contributed by atoms with Gasteiger partial charge in [-0.15, -0.1) is 0 Å². The topological polar surface area (TPSA) is 26.0 Å². The molecule has 0 aliphatic carbocycles. The molecule has 0 amide bonds. The second-order valence-corrected chi connectivity index (χ2v) is 3.01. The highest BCUT2D eigenvalue weighted by atomic mass is 79.9. The molecule has 0 bridgehead atoms. The highest BCUT2D eigenvalue weighted by molar-refractivity contribution is 9.10. The molecule has 0 spiro atoms. The van der Waals surface area contributed by atoms with Crippen LogP contribution < -0.4 is 0 Å². The van der Waals surface area contributed by atoms with E-state index < -0.39 is 0 Å². The normalized spacial score (nSPS) is 10.2. The van der Waals surface area contributed by atoms with Crippen LogP contribution in [0.4, 0.5) is 0 Å². The Morgan fingerprint density at radius 2 is 2.50 bits per heavy atom. The zero-order chi connectivity index (χ0) is 7.40. The third kappa shape index (κ3) is 2.14. The van der Waals surface area contributed by atoms with E-state index in [2.05, 4.69) is 28.0 Å². The summed E-state index contributed by atoms with van der Waals surface area (Å²) in [5, 5.41) is 3.83. The van der Waals surface area contributed by atoms with Crippen molar-refractivity contribution in [2.75, 3.05) is 0 Å². The van der Waals surface area contributed by atoms with Gasteiger partial charge >= 0.3 is 0 Å². The van der Waals surface area contributed by atoms with E-state index >= 15 is 0 Å². The first-order valence-electron chi connectivity index (χ1n) is 3.44. The number of hydrogen-bond acceptors (Lipinski definition) is 2. The van der Waals surface area contributed by atoms with Crippen LogP contribution in [-0.2, 0) is 6.42 Å². The largest absolute Gasteiger partial charge is 0.349 e. The lowest BCUT2D eigenvalue weighted by atomic mass is 10.2. The predicted octanol–water partition coefficient (Wildman–Crippen LogP) is 2.78. The smallest absolute Gasteiger partial charge is 0.202 e. The van der Waals surface area contributed by atoms with E-state index in [9.17, 15) is 0 Å². The molecule has 0 aliphatic rings. The molecule has 0 aliphatic heterocycles. The lowest BCUT2D eigenvalue weighted by Crippen LogP contribution is -1.81. The van der Waals surface area contributed by atoms with Gasteiger partial charge in [0.2, 0.25) is 4.67 Å². The van der Waals surface area contributed by atoms with E-state index in [4.69, 9.17) is 4.52 Å². The van der Waals surface area contributed by atoms with Crippen LogP contribution in [0.25, 0.3) is 0 Å². The van der Waals surface area contributed by atoms with Gasteiger partial charge in [-0.1, -0.05) is 18.5 Å². The molecule has 0 unspecified atom stereocenters. The van der Waals surface area contributed by atoms with E-state index in [1.54, 1.807) is 0 Å². The van der Waals surface area contributed by atoms with E-state index in [0.29, 0.717) is 0 Å². The Kier molecular flexibility index (Phi) is 2.93. The molecule has 0 saturated carbocycles. The first-order valence-corrected chi connectivity index (χ1v) is 4.23. The third-order valence-electron chi connectivity index (χ3n) is 1.32. The van der Waals surface area contributed by atoms with Crippen molar-refractivity contribution in [2.45, 2.75) is 26.2 Å². The molecule has 1 aromatic rings. The summed E-state index contributed by atoms with van der Waals surface area (Å²) < 4.78 is 5.55. The van der Waals surface area contributed by atoms with Crippen molar-refractivity contribution in [3.63, 3.8) is 0 Å². The summed E-state index contributed by atoms with van der Waals surface area (Å²) in [5.74, 6) is 0. The number of nitrogens with zero attached hydrogens (tertiary/aromatic N) is 1. The minimum atomic E-state index is 0.721. The van der Waals surface area contributed by atoms with E-state index in [1.165, 1.54) is 12.8 Å². The quantitative estimate of drug-likeness (QED) is 0.756. The maximum Gasteiger partial charge on any atom is 0.202 e. The van der Waals surface area contributed by atoms with Crippen LogP contribution in [0.3, 0.4) is 0 Å². The van der Waals surface area contributed by atoms with Gasteiger partial charge in [0.1, 0.15) is 0 Å². The molecule has 10 heavy (non-hydrogen) atoms. The number of aryl methyl sites for hydroxylation is 1. The minimum Gasteiger partial charge on any atom is -0.349 e. The van der Waals surface area contributed by atoms with Crippen LogP contribution in [0.1, 0.15) is 25.5 Å². The van der Waals surface area contributed by atoms with Crippen molar-refractivity contribution < 1.29 is 4.52 Å². The molecule has 1 rings (SSSR count). The minimum absolute atomic E-state index is 0.721. The van der Waals surface area contributed by atoms with E-state index in [1.807, 2.05) is 6.07 Å². The number of aromatic nitrogens is 1. The zero-order valence-electron chi connectivity index (χ0n) is 5.93. The summed E-state index contributed by atoms with van der Waals surface area (Å²) in [4.78, 5) is 0. The Balaban J connectivity index is 2.42. The highest BCUT2D eigenvalue weighted by Gasteiger charge is 1.98. The van der Waals surface area contributed by atoms with Gasteiger partial charge in [-0.2, -0.15) is 0 Å². The fraction of sp³-hybridized carbons (Fsp3) is 0.571. The summed E-state index contributed by atoms with van der Waals surface area (Å²) in [5.41, 5.74) is 1.04. The van der Waals surface area contributed by atoms with Crippen molar-refractivity contribution >= 4 is 15.9 Å². The maximum absolute atomic E-state index is 4.83. The molecule has 1 aromatic heterocycles. The van der Waals surface area contributed by atoms with Crippen molar-refractivity contribution in [2.24, 2.45) is 0 Å². The molecule has 0 fully saturated rings. The molecular weight excluding hydrogens is 194 g/mol. The van der Waals surface area contributed by atoms with Crippen LogP contribution in [0.2, 0.25) is 0 Å². The molecule has 2 nitrogen and oxygen atoms in total. The summed E-state index contributed by atoms with van der Waals surface area (Å²) in [6.45, 7) is 2.16. The van der Waals surface area contributed by atoms with Crippen LogP contribution >= 0.6 is 15.9 Å². The van der Waals surface area contributed by atoms with Gasteiger partial charge in [0.05, 0.1) is 5.69 Å². The van der Waals surface area contributed by atoms with Gasteiger partial charge in [-0.3, -0.25) is 0 Å². The maximum atomic E-state index is 4.83. The fourth-order valence-corrected chi connectivity index (χ4v) is 1.10. The van der Waals surface area contributed by atoms with Crippen molar-refractivity contribution in [1.29, 1.82) is 0 Å². The van der Waals surface area contributed by atoms with Crippen LogP contribution in [0, 0.1) is 0 Å². The fourth-order valence-electron chi connectivity index (χ4n) is 0.762. The molecule has 1 heterocycles. The Labute approximate surface area is 68.7 Å². The second-order valence-electron chi connectivity index (χ2n) is 2.23. The number of unbranched alkanes of at least 4 members (excludes halogenated alkanes) is 1. The molecule has 3 heteroatoms. The van der Waals surface area contributed by atoms with Crippen molar-refractivity contribution in [1.82, 2.24) is 5.16 Å².